The molecule has 100 valence electrons. The minimum atomic E-state index is -0.0958. The Bertz CT molecular complexity index is 585. The molecule has 3 rings (SSSR count). The maximum Gasteiger partial charge on any atom is 0.308 e. The largest absolute Gasteiger partial charge is 0.469 e. The Morgan fingerprint density at radius 2 is 2.16 bits per heavy atom. The van der Waals surface area contributed by atoms with Crippen molar-refractivity contribution in [1.82, 2.24) is 10.1 Å². The Kier molecular flexibility index (Phi) is 3.19. The highest BCUT2D eigenvalue weighted by atomic mass is 16.5. The summed E-state index contributed by atoms with van der Waals surface area (Å²) in [4.78, 5) is 15.8. The number of pyridine rings is 1. The average Bonchev–Trinajstić information content (AvgIpc) is 2.90. The molecule has 1 aliphatic carbocycles. The molecule has 5 nitrogen and oxygen atoms in total. The summed E-state index contributed by atoms with van der Waals surface area (Å²) >= 11 is 0. The van der Waals surface area contributed by atoms with Crippen LogP contribution in [-0.4, -0.2) is 23.2 Å². The fourth-order valence-corrected chi connectivity index (χ4v) is 2.84. The summed E-state index contributed by atoms with van der Waals surface area (Å²) < 4.78 is 10.1. The van der Waals surface area contributed by atoms with Gasteiger partial charge in [0.15, 0.2) is 5.58 Å². The molecule has 0 aromatic carbocycles. The van der Waals surface area contributed by atoms with Crippen LogP contribution in [0.2, 0.25) is 0 Å². The van der Waals surface area contributed by atoms with Gasteiger partial charge in [-0.15, -0.1) is 0 Å². The van der Waals surface area contributed by atoms with E-state index in [9.17, 15) is 4.79 Å². The lowest BCUT2D eigenvalue weighted by molar-refractivity contribution is -0.146. The van der Waals surface area contributed by atoms with Crippen molar-refractivity contribution < 1.29 is 14.1 Å². The normalized spacial score (nSPS) is 23.4. The molecular formula is C14H16N2O3. The SMILES string of the molecule is COC(=O)[C@H]1CC[C@H](c2noc3cccnc32)CC1. The van der Waals surface area contributed by atoms with E-state index in [0.29, 0.717) is 5.92 Å². The summed E-state index contributed by atoms with van der Waals surface area (Å²) in [6.07, 6.45) is 5.30. The van der Waals surface area contributed by atoms with Crippen LogP contribution in [0.25, 0.3) is 11.1 Å². The Morgan fingerprint density at radius 1 is 1.37 bits per heavy atom. The number of nitrogens with zero attached hydrogens (tertiary/aromatic N) is 2. The molecule has 1 fully saturated rings. The van der Waals surface area contributed by atoms with Crippen LogP contribution in [0.5, 0.6) is 0 Å². The lowest BCUT2D eigenvalue weighted by atomic mass is 9.80. The van der Waals surface area contributed by atoms with Gasteiger partial charge in [0.1, 0.15) is 11.2 Å². The van der Waals surface area contributed by atoms with E-state index in [4.69, 9.17) is 9.26 Å². The van der Waals surface area contributed by atoms with E-state index >= 15 is 0 Å². The first-order chi connectivity index (χ1) is 9.29. The maximum absolute atomic E-state index is 11.5. The van der Waals surface area contributed by atoms with E-state index in [-0.39, 0.29) is 11.9 Å². The van der Waals surface area contributed by atoms with Gasteiger partial charge in [0.05, 0.1) is 13.0 Å². The molecule has 0 spiro atoms. The molecule has 0 bridgehead atoms. The molecular weight excluding hydrogens is 244 g/mol. The minimum Gasteiger partial charge on any atom is -0.469 e. The van der Waals surface area contributed by atoms with Gasteiger partial charge in [0.25, 0.3) is 0 Å². The zero-order valence-electron chi connectivity index (χ0n) is 10.8. The molecule has 0 radical (unpaired) electrons. The van der Waals surface area contributed by atoms with E-state index in [2.05, 4.69) is 10.1 Å². The molecule has 5 heteroatoms. The zero-order chi connectivity index (χ0) is 13.2. The van der Waals surface area contributed by atoms with Crippen LogP contribution in [-0.2, 0) is 9.53 Å². The van der Waals surface area contributed by atoms with Crippen LogP contribution in [0.1, 0.15) is 37.3 Å². The second kappa shape index (κ2) is 4.99. The second-order valence-corrected chi connectivity index (χ2v) is 4.99. The summed E-state index contributed by atoms with van der Waals surface area (Å²) in [5, 5.41) is 4.16. The number of fused-ring (bicyclic) bond motifs is 1. The van der Waals surface area contributed by atoms with Crippen molar-refractivity contribution >= 4 is 17.1 Å². The fourth-order valence-electron chi connectivity index (χ4n) is 2.84. The summed E-state index contributed by atoms with van der Waals surface area (Å²) in [5.74, 6) is 0.269. The van der Waals surface area contributed by atoms with Crippen molar-refractivity contribution in [2.45, 2.75) is 31.6 Å². The Hall–Kier alpha value is -1.91. The van der Waals surface area contributed by atoms with E-state index in [1.165, 1.54) is 7.11 Å². The Morgan fingerprint density at radius 3 is 2.89 bits per heavy atom. The van der Waals surface area contributed by atoms with Crippen molar-refractivity contribution in [3.8, 4) is 0 Å². The number of rotatable bonds is 2. The fraction of sp³-hybridized carbons (Fsp3) is 0.500. The molecule has 1 saturated carbocycles. The number of aromatic nitrogens is 2. The number of esters is 1. The Balaban J connectivity index is 1.77. The number of carbonyl (C=O) groups is 1. The molecule has 0 amide bonds. The predicted molar refractivity (Wildman–Crippen MR) is 68.5 cm³/mol. The highest BCUT2D eigenvalue weighted by molar-refractivity contribution is 5.75. The van der Waals surface area contributed by atoms with Gasteiger partial charge < -0.3 is 9.26 Å². The van der Waals surface area contributed by atoms with Gasteiger partial charge in [-0.2, -0.15) is 0 Å². The van der Waals surface area contributed by atoms with Crippen LogP contribution in [0.3, 0.4) is 0 Å². The first kappa shape index (κ1) is 12.1. The topological polar surface area (TPSA) is 65.2 Å². The molecule has 19 heavy (non-hydrogen) atoms. The third-order valence-electron chi connectivity index (χ3n) is 3.90. The van der Waals surface area contributed by atoms with Gasteiger partial charge in [0.2, 0.25) is 0 Å². The van der Waals surface area contributed by atoms with Gasteiger partial charge in [0, 0.05) is 12.1 Å². The van der Waals surface area contributed by atoms with Gasteiger partial charge >= 0.3 is 5.97 Å². The van der Waals surface area contributed by atoms with Crippen molar-refractivity contribution in [2.75, 3.05) is 7.11 Å². The molecule has 2 heterocycles. The highest BCUT2D eigenvalue weighted by Gasteiger charge is 2.30. The highest BCUT2D eigenvalue weighted by Crippen LogP contribution is 2.37. The molecule has 0 N–H and O–H groups in total. The van der Waals surface area contributed by atoms with Gasteiger partial charge in [-0.25, -0.2) is 0 Å². The quantitative estimate of drug-likeness (QED) is 0.777. The minimum absolute atomic E-state index is 0.0346. The molecule has 0 atom stereocenters. The smallest absolute Gasteiger partial charge is 0.308 e. The first-order valence-corrected chi connectivity index (χ1v) is 6.57. The van der Waals surface area contributed by atoms with Gasteiger partial charge in [-0.1, -0.05) is 5.16 Å². The van der Waals surface area contributed by atoms with E-state index in [0.717, 1.165) is 42.5 Å². The van der Waals surface area contributed by atoms with E-state index < -0.39 is 0 Å². The molecule has 1 aliphatic rings. The Labute approximate surface area is 110 Å². The average molecular weight is 260 g/mol. The van der Waals surface area contributed by atoms with Crippen LogP contribution < -0.4 is 0 Å². The van der Waals surface area contributed by atoms with Crippen molar-refractivity contribution in [3.63, 3.8) is 0 Å². The van der Waals surface area contributed by atoms with Gasteiger partial charge in [-0.3, -0.25) is 9.78 Å². The van der Waals surface area contributed by atoms with E-state index in [1.54, 1.807) is 6.20 Å². The molecule has 0 unspecified atom stereocenters. The molecule has 2 aromatic heterocycles. The third-order valence-corrected chi connectivity index (χ3v) is 3.90. The van der Waals surface area contributed by atoms with Crippen LogP contribution in [0.15, 0.2) is 22.9 Å². The monoisotopic (exact) mass is 260 g/mol. The summed E-state index contributed by atoms with van der Waals surface area (Å²) in [6.45, 7) is 0. The molecule has 2 aromatic rings. The zero-order valence-corrected chi connectivity index (χ0v) is 10.8. The summed E-state index contributed by atoms with van der Waals surface area (Å²) in [6, 6.07) is 3.71. The molecule has 0 saturated heterocycles. The second-order valence-electron chi connectivity index (χ2n) is 4.99. The predicted octanol–water partition coefficient (Wildman–Crippen LogP) is 2.67. The van der Waals surface area contributed by atoms with Crippen LogP contribution >= 0.6 is 0 Å². The summed E-state index contributed by atoms with van der Waals surface area (Å²) in [5.41, 5.74) is 2.51. The van der Waals surface area contributed by atoms with Crippen LogP contribution in [0.4, 0.5) is 0 Å². The number of hydrogen-bond donors (Lipinski definition) is 0. The maximum atomic E-state index is 11.5. The number of ether oxygens (including phenoxy) is 1. The van der Waals surface area contributed by atoms with Crippen LogP contribution in [0, 0.1) is 5.92 Å². The number of methoxy groups -OCH3 is 1. The van der Waals surface area contributed by atoms with E-state index in [1.807, 2.05) is 12.1 Å². The number of hydrogen-bond acceptors (Lipinski definition) is 5. The third kappa shape index (κ3) is 2.20. The lowest BCUT2D eigenvalue weighted by Gasteiger charge is -2.25. The standard InChI is InChI=1S/C14H16N2O3/c1-18-14(17)10-6-4-9(5-7-10)12-13-11(19-16-12)3-2-8-15-13/h2-3,8-10H,4-7H2,1H3/t9-,10-. The molecule has 0 aliphatic heterocycles. The van der Waals surface area contributed by atoms with Gasteiger partial charge in [-0.05, 0) is 37.8 Å². The van der Waals surface area contributed by atoms with Crippen molar-refractivity contribution in [2.24, 2.45) is 5.92 Å². The first-order valence-electron chi connectivity index (χ1n) is 6.57. The summed E-state index contributed by atoms with van der Waals surface area (Å²) in [7, 11) is 1.45. The number of carbonyl (C=O) groups excluding carboxylic acids is 1. The van der Waals surface area contributed by atoms with Crippen molar-refractivity contribution in [1.29, 1.82) is 0 Å². The lowest BCUT2D eigenvalue weighted by Crippen LogP contribution is -2.22. The van der Waals surface area contributed by atoms with Crippen molar-refractivity contribution in [3.05, 3.63) is 24.0 Å².